The lowest BCUT2D eigenvalue weighted by Gasteiger charge is -2.29. The van der Waals surface area contributed by atoms with Crippen LogP contribution in [-0.4, -0.2) is 58.1 Å². The summed E-state index contributed by atoms with van der Waals surface area (Å²) < 4.78 is 1.93. The molecule has 0 radical (unpaired) electrons. The van der Waals surface area contributed by atoms with E-state index in [-0.39, 0.29) is 5.91 Å². The summed E-state index contributed by atoms with van der Waals surface area (Å²) in [7, 11) is 0. The van der Waals surface area contributed by atoms with Gasteiger partial charge >= 0.3 is 0 Å². The van der Waals surface area contributed by atoms with Crippen molar-refractivity contribution in [2.24, 2.45) is 0 Å². The van der Waals surface area contributed by atoms with E-state index in [1.807, 2.05) is 22.9 Å². The number of carbonyl (C=O) groups is 1. The second kappa shape index (κ2) is 9.08. The molecule has 0 unspecified atom stereocenters. The van der Waals surface area contributed by atoms with E-state index in [0.717, 1.165) is 42.9 Å². The van der Waals surface area contributed by atoms with Crippen molar-refractivity contribution in [2.45, 2.75) is 26.8 Å². The Bertz CT molecular complexity index is 1010. The van der Waals surface area contributed by atoms with E-state index in [0.29, 0.717) is 30.5 Å². The fourth-order valence-corrected chi connectivity index (χ4v) is 3.57. The molecule has 9 nitrogen and oxygen atoms in total. The molecule has 0 aliphatic carbocycles. The third-order valence-electron chi connectivity index (χ3n) is 4.96. The number of fused-ring (bicyclic) bond motifs is 3. The summed E-state index contributed by atoms with van der Waals surface area (Å²) in [6.45, 7) is 9.53. The Morgan fingerprint density at radius 2 is 1.87 bits per heavy atom. The summed E-state index contributed by atoms with van der Waals surface area (Å²) in [5.74, 6) is 1.09. The lowest BCUT2D eigenvalue weighted by Crippen LogP contribution is -2.43. The largest absolute Gasteiger partial charge is 0.368 e. The van der Waals surface area contributed by atoms with E-state index in [4.69, 9.17) is 0 Å². The van der Waals surface area contributed by atoms with Gasteiger partial charge in [0.2, 0.25) is 5.95 Å². The van der Waals surface area contributed by atoms with Gasteiger partial charge in [-0.05, 0) is 18.2 Å². The summed E-state index contributed by atoms with van der Waals surface area (Å²) in [6.07, 6.45) is 4.86. The molecule has 1 fully saturated rings. The van der Waals surface area contributed by atoms with Crippen molar-refractivity contribution in [3.8, 4) is 0 Å². The number of nitrogens with zero attached hydrogens (tertiary/aromatic N) is 5. The molecule has 5 rings (SSSR count). The second-order valence-electron chi connectivity index (χ2n) is 7.38. The average Bonchev–Trinajstić information content (AvgIpc) is 3.15. The van der Waals surface area contributed by atoms with E-state index in [2.05, 4.69) is 55.7 Å². The maximum Gasteiger partial charge on any atom is 0.268 e. The quantitative estimate of drug-likeness (QED) is 0.610. The molecule has 30 heavy (non-hydrogen) atoms. The Balaban J connectivity index is 0.000000687. The maximum atomic E-state index is 12.0. The normalized spacial score (nSPS) is 15.8. The first-order chi connectivity index (χ1) is 14.7. The van der Waals surface area contributed by atoms with Crippen molar-refractivity contribution in [1.29, 1.82) is 0 Å². The van der Waals surface area contributed by atoms with Crippen molar-refractivity contribution in [2.75, 3.05) is 42.9 Å². The van der Waals surface area contributed by atoms with Crippen LogP contribution < -0.4 is 20.9 Å². The van der Waals surface area contributed by atoms with Crippen LogP contribution >= 0.6 is 0 Å². The van der Waals surface area contributed by atoms with Gasteiger partial charge in [0.1, 0.15) is 17.2 Å². The molecule has 0 saturated carbocycles. The number of pyridine rings is 1. The lowest BCUT2D eigenvalue weighted by molar-refractivity contribution is 0.0929. The molecule has 5 heterocycles. The number of aromatic nitrogens is 4. The molecule has 0 bridgehead atoms. The molecule has 1 amide bonds. The molecule has 3 aromatic heterocycles. The Morgan fingerprint density at radius 1 is 1.07 bits per heavy atom. The van der Waals surface area contributed by atoms with E-state index >= 15 is 0 Å². The molecular formula is C21H28N8O. The van der Waals surface area contributed by atoms with Gasteiger partial charge < -0.3 is 25.4 Å². The van der Waals surface area contributed by atoms with E-state index < -0.39 is 0 Å². The number of amides is 1. The SMILES string of the molecule is CCC.O=C1NCCn2c1cc1cnc(Nc3ccc(N4CCNCC4)cn3)nc12. The highest BCUT2D eigenvalue weighted by Gasteiger charge is 2.20. The van der Waals surface area contributed by atoms with Crippen molar-refractivity contribution in [1.82, 2.24) is 30.2 Å². The van der Waals surface area contributed by atoms with Crippen molar-refractivity contribution >= 4 is 34.4 Å². The standard InChI is InChI=1S/C18H20N8O.C3H8/c27-17-14-9-12-10-22-18(24-16(12)26(14)8-5-20-17)23-15-2-1-13(11-21-15)25-6-3-19-4-7-25;1-3-2/h1-2,9-11,19H,3-8H2,(H,20,27)(H,21,22,23,24);3H2,1-2H3. The molecule has 0 aromatic carbocycles. The predicted molar refractivity (Wildman–Crippen MR) is 118 cm³/mol. The second-order valence-corrected chi connectivity index (χ2v) is 7.38. The highest BCUT2D eigenvalue weighted by molar-refractivity contribution is 5.98. The number of hydrogen-bond donors (Lipinski definition) is 3. The molecule has 3 aromatic rings. The van der Waals surface area contributed by atoms with Gasteiger partial charge in [-0.1, -0.05) is 20.3 Å². The minimum absolute atomic E-state index is 0.0704. The Kier molecular flexibility index (Phi) is 6.08. The van der Waals surface area contributed by atoms with Crippen LogP contribution in [0.25, 0.3) is 11.0 Å². The third-order valence-corrected chi connectivity index (χ3v) is 4.96. The van der Waals surface area contributed by atoms with Crippen molar-refractivity contribution in [3.05, 3.63) is 36.3 Å². The summed E-state index contributed by atoms with van der Waals surface area (Å²) in [4.78, 5) is 27.7. The summed E-state index contributed by atoms with van der Waals surface area (Å²) in [6, 6.07) is 5.82. The Labute approximate surface area is 175 Å². The van der Waals surface area contributed by atoms with Crippen LogP contribution in [0.2, 0.25) is 0 Å². The molecule has 0 atom stereocenters. The molecule has 3 N–H and O–H groups in total. The smallest absolute Gasteiger partial charge is 0.268 e. The van der Waals surface area contributed by atoms with Crippen LogP contribution in [-0.2, 0) is 6.54 Å². The zero-order valence-electron chi connectivity index (χ0n) is 17.5. The van der Waals surface area contributed by atoms with Gasteiger partial charge in [-0.2, -0.15) is 4.98 Å². The highest BCUT2D eigenvalue weighted by Crippen LogP contribution is 2.22. The molecule has 2 aliphatic heterocycles. The first-order valence-electron chi connectivity index (χ1n) is 10.5. The minimum Gasteiger partial charge on any atom is -0.368 e. The van der Waals surface area contributed by atoms with Gasteiger partial charge in [0, 0.05) is 50.9 Å². The third kappa shape index (κ3) is 4.20. The zero-order chi connectivity index (χ0) is 20.9. The van der Waals surface area contributed by atoms with Crippen molar-refractivity contribution in [3.63, 3.8) is 0 Å². The van der Waals surface area contributed by atoms with Gasteiger partial charge in [-0.15, -0.1) is 0 Å². The van der Waals surface area contributed by atoms with E-state index in [9.17, 15) is 4.79 Å². The topological polar surface area (TPSA) is 100 Å². The molecule has 2 aliphatic rings. The van der Waals surface area contributed by atoms with Gasteiger partial charge in [-0.25, -0.2) is 9.97 Å². The van der Waals surface area contributed by atoms with Crippen LogP contribution in [0.15, 0.2) is 30.6 Å². The lowest BCUT2D eigenvalue weighted by atomic mass is 10.3. The highest BCUT2D eigenvalue weighted by atomic mass is 16.2. The van der Waals surface area contributed by atoms with Gasteiger partial charge in [0.15, 0.2) is 0 Å². The molecule has 9 heteroatoms. The summed E-state index contributed by atoms with van der Waals surface area (Å²) in [5.41, 5.74) is 2.50. The predicted octanol–water partition coefficient (Wildman–Crippen LogP) is 2.14. The number of carbonyl (C=O) groups excluding carboxylic acids is 1. The van der Waals surface area contributed by atoms with Crippen molar-refractivity contribution < 1.29 is 4.79 Å². The fourth-order valence-electron chi connectivity index (χ4n) is 3.57. The van der Waals surface area contributed by atoms with E-state index in [1.54, 1.807) is 6.20 Å². The van der Waals surface area contributed by atoms with Crippen LogP contribution in [0.3, 0.4) is 0 Å². The Morgan fingerprint density at radius 3 is 2.60 bits per heavy atom. The van der Waals surface area contributed by atoms with Gasteiger partial charge in [0.05, 0.1) is 11.9 Å². The zero-order valence-corrected chi connectivity index (χ0v) is 17.5. The minimum atomic E-state index is -0.0704. The number of piperazine rings is 1. The monoisotopic (exact) mass is 408 g/mol. The first kappa shape index (κ1) is 20.1. The van der Waals surface area contributed by atoms with Crippen LogP contribution in [0.4, 0.5) is 17.5 Å². The molecule has 158 valence electrons. The molecule has 0 spiro atoms. The Hall–Kier alpha value is -3.20. The fraction of sp³-hybridized carbons (Fsp3) is 0.429. The average molecular weight is 409 g/mol. The molecule has 1 saturated heterocycles. The van der Waals surface area contributed by atoms with Gasteiger partial charge in [0.25, 0.3) is 5.91 Å². The van der Waals surface area contributed by atoms with Crippen LogP contribution in [0.1, 0.15) is 30.8 Å². The number of rotatable bonds is 3. The molecular weight excluding hydrogens is 380 g/mol. The van der Waals surface area contributed by atoms with Gasteiger partial charge in [-0.3, -0.25) is 4.79 Å². The van der Waals surface area contributed by atoms with E-state index in [1.165, 1.54) is 6.42 Å². The maximum absolute atomic E-state index is 12.0. The summed E-state index contributed by atoms with van der Waals surface area (Å²) in [5, 5.41) is 10.2. The summed E-state index contributed by atoms with van der Waals surface area (Å²) >= 11 is 0. The van der Waals surface area contributed by atoms with Crippen LogP contribution in [0.5, 0.6) is 0 Å². The van der Waals surface area contributed by atoms with Crippen LogP contribution in [0, 0.1) is 0 Å². The number of anilines is 3. The number of nitrogens with one attached hydrogen (secondary N) is 3. The first-order valence-corrected chi connectivity index (χ1v) is 10.5. The number of hydrogen-bond acceptors (Lipinski definition) is 7.